The van der Waals surface area contributed by atoms with Gasteiger partial charge in [0.1, 0.15) is 5.82 Å². The lowest BCUT2D eigenvalue weighted by molar-refractivity contribution is -0.138. The maximum absolute atomic E-state index is 12.8. The van der Waals surface area contributed by atoms with Gasteiger partial charge in [-0.05, 0) is 43.5 Å². The minimum atomic E-state index is -4.48. The average molecular weight is 236 g/mol. The van der Waals surface area contributed by atoms with Gasteiger partial charge in [-0.2, -0.15) is 13.2 Å². The molecule has 0 heterocycles. The van der Waals surface area contributed by atoms with Crippen LogP contribution >= 0.6 is 0 Å². The van der Waals surface area contributed by atoms with Crippen LogP contribution in [0.5, 0.6) is 0 Å². The van der Waals surface area contributed by atoms with Crippen molar-refractivity contribution >= 4 is 0 Å². The van der Waals surface area contributed by atoms with Gasteiger partial charge in [0.05, 0.1) is 11.7 Å². The van der Waals surface area contributed by atoms with E-state index in [0.29, 0.717) is 0 Å². The predicted molar refractivity (Wildman–Crippen MR) is 51.4 cm³/mol. The number of hydrogen-bond donors (Lipinski definition) is 1. The fourth-order valence-corrected chi connectivity index (χ4v) is 1.41. The molecular formula is C11H12F4O. The van der Waals surface area contributed by atoms with Crippen molar-refractivity contribution in [3.8, 4) is 0 Å². The predicted octanol–water partition coefficient (Wildman–Crippen LogP) is 3.16. The average Bonchev–Trinajstić information content (AvgIpc) is 2.12. The highest BCUT2D eigenvalue weighted by molar-refractivity contribution is 5.30. The van der Waals surface area contributed by atoms with Crippen molar-refractivity contribution in [2.75, 3.05) is 0 Å². The molecule has 16 heavy (non-hydrogen) atoms. The van der Waals surface area contributed by atoms with Gasteiger partial charge in [-0.25, -0.2) is 4.39 Å². The Morgan fingerprint density at radius 1 is 1.31 bits per heavy atom. The third-order valence-electron chi connectivity index (χ3n) is 2.20. The quantitative estimate of drug-likeness (QED) is 0.799. The first-order valence-electron chi connectivity index (χ1n) is 4.84. The van der Waals surface area contributed by atoms with Crippen molar-refractivity contribution in [2.45, 2.75) is 32.0 Å². The number of benzene rings is 1. The van der Waals surface area contributed by atoms with Crippen LogP contribution in [0.1, 0.15) is 24.5 Å². The van der Waals surface area contributed by atoms with Gasteiger partial charge >= 0.3 is 6.18 Å². The first kappa shape index (κ1) is 13.0. The molecule has 1 nitrogen and oxygen atoms in total. The lowest BCUT2D eigenvalue weighted by atomic mass is 10.0. The maximum Gasteiger partial charge on any atom is 0.416 e. The highest BCUT2D eigenvalue weighted by Crippen LogP contribution is 2.32. The Kier molecular flexibility index (Phi) is 3.91. The van der Waals surface area contributed by atoms with E-state index in [4.69, 9.17) is 5.11 Å². The third kappa shape index (κ3) is 3.48. The second-order valence-electron chi connectivity index (χ2n) is 3.69. The van der Waals surface area contributed by atoms with Gasteiger partial charge in [0.15, 0.2) is 0 Å². The summed E-state index contributed by atoms with van der Waals surface area (Å²) in [5.74, 6) is -0.700. The number of hydrogen-bond acceptors (Lipinski definition) is 1. The van der Waals surface area contributed by atoms with Gasteiger partial charge in [0, 0.05) is 0 Å². The van der Waals surface area contributed by atoms with E-state index in [9.17, 15) is 17.6 Å². The Morgan fingerprint density at radius 2 is 1.94 bits per heavy atom. The van der Waals surface area contributed by atoms with Crippen LogP contribution in [0.2, 0.25) is 0 Å². The standard InChI is InChI=1S/C11H12F4O/c1-7(16)2-3-8-6-9(12)4-5-10(8)11(13,14)15/h4-7,16H,2-3H2,1H3. The second kappa shape index (κ2) is 4.82. The van der Waals surface area contributed by atoms with Crippen LogP contribution < -0.4 is 0 Å². The summed E-state index contributed by atoms with van der Waals surface area (Å²) in [5.41, 5.74) is -0.956. The Balaban J connectivity index is 2.99. The number of halogens is 4. The van der Waals surface area contributed by atoms with E-state index in [0.717, 1.165) is 18.2 Å². The molecule has 1 N–H and O–H groups in total. The van der Waals surface area contributed by atoms with Crippen LogP contribution in [0.25, 0.3) is 0 Å². The molecule has 0 aliphatic carbocycles. The van der Waals surface area contributed by atoms with Crippen LogP contribution in [-0.4, -0.2) is 11.2 Å². The minimum Gasteiger partial charge on any atom is -0.393 e. The molecule has 0 aliphatic heterocycles. The van der Waals surface area contributed by atoms with Gasteiger partial charge in [0.25, 0.3) is 0 Å². The maximum atomic E-state index is 12.8. The summed E-state index contributed by atoms with van der Waals surface area (Å²) in [7, 11) is 0. The summed E-state index contributed by atoms with van der Waals surface area (Å²) in [5, 5.41) is 9.00. The molecule has 1 rings (SSSR count). The van der Waals surface area contributed by atoms with Gasteiger partial charge in [-0.1, -0.05) is 0 Å². The summed E-state index contributed by atoms with van der Waals surface area (Å²) in [6.07, 6.45) is -5.01. The molecule has 1 aromatic carbocycles. The molecule has 0 radical (unpaired) electrons. The Labute approximate surface area is 90.7 Å². The molecule has 1 atom stereocenters. The van der Waals surface area contributed by atoms with Gasteiger partial charge in [0.2, 0.25) is 0 Å². The highest BCUT2D eigenvalue weighted by atomic mass is 19.4. The normalized spacial score (nSPS) is 13.9. The lowest BCUT2D eigenvalue weighted by Gasteiger charge is -2.13. The molecular weight excluding hydrogens is 224 g/mol. The summed E-state index contributed by atoms with van der Waals surface area (Å²) < 4.78 is 50.4. The fourth-order valence-electron chi connectivity index (χ4n) is 1.41. The molecule has 1 aromatic rings. The number of aliphatic hydroxyl groups is 1. The van der Waals surface area contributed by atoms with Crippen molar-refractivity contribution in [3.05, 3.63) is 35.1 Å². The Hall–Kier alpha value is -1.10. The van der Waals surface area contributed by atoms with Crippen molar-refractivity contribution in [1.29, 1.82) is 0 Å². The monoisotopic (exact) mass is 236 g/mol. The molecule has 5 heteroatoms. The van der Waals surface area contributed by atoms with E-state index in [-0.39, 0.29) is 18.4 Å². The van der Waals surface area contributed by atoms with Gasteiger partial charge in [-0.15, -0.1) is 0 Å². The zero-order chi connectivity index (χ0) is 12.3. The lowest BCUT2D eigenvalue weighted by Crippen LogP contribution is -2.11. The number of rotatable bonds is 3. The highest BCUT2D eigenvalue weighted by Gasteiger charge is 2.33. The molecule has 0 aromatic heterocycles. The molecule has 90 valence electrons. The summed E-state index contributed by atoms with van der Waals surface area (Å²) in [6, 6.07) is 2.38. The molecule has 0 spiro atoms. The van der Waals surface area contributed by atoms with E-state index in [1.54, 1.807) is 0 Å². The van der Waals surface area contributed by atoms with Crippen LogP contribution in [0, 0.1) is 5.82 Å². The largest absolute Gasteiger partial charge is 0.416 e. The van der Waals surface area contributed by atoms with E-state index in [1.807, 2.05) is 0 Å². The number of aliphatic hydroxyl groups excluding tert-OH is 1. The van der Waals surface area contributed by atoms with E-state index in [2.05, 4.69) is 0 Å². The molecule has 0 fully saturated rings. The number of alkyl halides is 3. The van der Waals surface area contributed by atoms with Gasteiger partial charge < -0.3 is 5.11 Å². The first-order valence-corrected chi connectivity index (χ1v) is 4.84. The van der Waals surface area contributed by atoms with Gasteiger partial charge in [-0.3, -0.25) is 0 Å². The van der Waals surface area contributed by atoms with Crippen molar-refractivity contribution < 1.29 is 22.7 Å². The molecule has 1 unspecified atom stereocenters. The van der Waals surface area contributed by atoms with Crippen LogP contribution in [-0.2, 0) is 12.6 Å². The zero-order valence-corrected chi connectivity index (χ0v) is 8.68. The smallest absolute Gasteiger partial charge is 0.393 e. The van der Waals surface area contributed by atoms with Crippen molar-refractivity contribution in [1.82, 2.24) is 0 Å². The third-order valence-corrected chi connectivity index (χ3v) is 2.20. The topological polar surface area (TPSA) is 20.2 Å². The summed E-state index contributed by atoms with van der Waals surface area (Å²) in [6.45, 7) is 1.48. The molecule has 0 bridgehead atoms. The summed E-state index contributed by atoms with van der Waals surface area (Å²) >= 11 is 0. The van der Waals surface area contributed by atoms with Crippen molar-refractivity contribution in [2.24, 2.45) is 0 Å². The molecule has 0 amide bonds. The van der Waals surface area contributed by atoms with Crippen LogP contribution in [0.4, 0.5) is 17.6 Å². The summed E-state index contributed by atoms with van der Waals surface area (Å²) in [4.78, 5) is 0. The van der Waals surface area contributed by atoms with E-state index < -0.39 is 23.7 Å². The Morgan fingerprint density at radius 3 is 2.44 bits per heavy atom. The van der Waals surface area contributed by atoms with Crippen LogP contribution in [0.3, 0.4) is 0 Å². The van der Waals surface area contributed by atoms with E-state index in [1.165, 1.54) is 6.92 Å². The first-order chi connectivity index (χ1) is 7.30. The van der Waals surface area contributed by atoms with Crippen molar-refractivity contribution in [3.63, 3.8) is 0 Å². The molecule has 0 aliphatic rings. The van der Waals surface area contributed by atoms with Crippen LogP contribution in [0.15, 0.2) is 18.2 Å². The fraction of sp³-hybridized carbons (Fsp3) is 0.455. The van der Waals surface area contributed by atoms with E-state index >= 15 is 0 Å². The zero-order valence-electron chi connectivity index (χ0n) is 8.68. The minimum absolute atomic E-state index is 0.00424. The Bertz CT molecular complexity index is 357. The SMILES string of the molecule is CC(O)CCc1cc(F)ccc1C(F)(F)F. The molecule has 0 saturated heterocycles. The number of aryl methyl sites for hydroxylation is 1. The second-order valence-corrected chi connectivity index (χ2v) is 3.69. The molecule has 0 saturated carbocycles.